The van der Waals surface area contributed by atoms with Crippen LogP contribution in [0.15, 0.2) is 18.3 Å². The van der Waals surface area contributed by atoms with Crippen LogP contribution in [0.4, 0.5) is 0 Å². The van der Waals surface area contributed by atoms with E-state index in [1.807, 2.05) is 17.9 Å². The third-order valence-electron chi connectivity index (χ3n) is 3.44. The Kier molecular flexibility index (Phi) is 3.03. The molecule has 0 aliphatic heterocycles. The van der Waals surface area contributed by atoms with Gasteiger partial charge in [-0.3, -0.25) is 4.68 Å². The summed E-state index contributed by atoms with van der Waals surface area (Å²) in [4.78, 5) is 0. The molecule has 0 unspecified atom stereocenters. The third kappa shape index (κ3) is 1.98. The van der Waals surface area contributed by atoms with Crippen molar-refractivity contribution in [1.82, 2.24) is 9.78 Å². The van der Waals surface area contributed by atoms with Crippen molar-refractivity contribution in [1.29, 1.82) is 0 Å². The summed E-state index contributed by atoms with van der Waals surface area (Å²) in [6, 6.07) is 4.28. The summed E-state index contributed by atoms with van der Waals surface area (Å²) in [6.07, 6.45) is 1.99. The third-order valence-corrected chi connectivity index (χ3v) is 3.44. The molecule has 0 aliphatic rings. The second kappa shape index (κ2) is 4.34. The molecule has 0 saturated heterocycles. The Bertz CT molecular complexity index is 553. The van der Waals surface area contributed by atoms with Crippen molar-refractivity contribution in [2.45, 2.75) is 27.3 Å². The molecule has 1 aromatic carbocycles. The predicted octanol–water partition coefficient (Wildman–Crippen LogP) is 2.47. The summed E-state index contributed by atoms with van der Waals surface area (Å²) < 4.78 is 1.83. The standard InChI is InChI=1S/C14H19N3/c1-9-5-6-13(11(3)10(9)2)14-12(7-15)8-17(4)16-14/h5-6,8H,7,15H2,1-4H3. The molecular weight excluding hydrogens is 210 g/mol. The summed E-state index contributed by atoms with van der Waals surface area (Å²) in [5, 5.41) is 4.52. The Hall–Kier alpha value is -1.61. The smallest absolute Gasteiger partial charge is 0.0970 e. The number of rotatable bonds is 2. The average Bonchev–Trinajstić information content (AvgIpc) is 2.67. The van der Waals surface area contributed by atoms with Crippen LogP contribution >= 0.6 is 0 Å². The zero-order valence-electron chi connectivity index (χ0n) is 10.9. The van der Waals surface area contributed by atoms with Gasteiger partial charge in [-0.2, -0.15) is 5.10 Å². The van der Waals surface area contributed by atoms with Crippen molar-refractivity contribution in [2.24, 2.45) is 12.8 Å². The molecule has 2 aromatic rings. The van der Waals surface area contributed by atoms with E-state index in [0.29, 0.717) is 6.54 Å². The number of nitrogens with zero attached hydrogens (tertiary/aromatic N) is 2. The van der Waals surface area contributed by atoms with Crippen molar-refractivity contribution >= 4 is 0 Å². The van der Waals surface area contributed by atoms with Crippen molar-refractivity contribution < 1.29 is 0 Å². The predicted molar refractivity (Wildman–Crippen MR) is 70.7 cm³/mol. The maximum absolute atomic E-state index is 5.77. The molecule has 0 amide bonds. The monoisotopic (exact) mass is 229 g/mol. The molecule has 90 valence electrons. The van der Waals surface area contributed by atoms with E-state index in [1.54, 1.807) is 0 Å². The van der Waals surface area contributed by atoms with E-state index in [9.17, 15) is 0 Å². The number of aromatic nitrogens is 2. The van der Waals surface area contributed by atoms with Crippen LogP contribution < -0.4 is 5.73 Å². The first-order valence-corrected chi connectivity index (χ1v) is 5.84. The highest BCUT2D eigenvalue weighted by Crippen LogP contribution is 2.28. The second-order valence-electron chi connectivity index (χ2n) is 4.56. The maximum Gasteiger partial charge on any atom is 0.0970 e. The fraction of sp³-hybridized carbons (Fsp3) is 0.357. The quantitative estimate of drug-likeness (QED) is 0.859. The summed E-state index contributed by atoms with van der Waals surface area (Å²) in [7, 11) is 1.93. The lowest BCUT2D eigenvalue weighted by atomic mass is 9.95. The summed E-state index contributed by atoms with van der Waals surface area (Å²) in [5.74, 6) is 0. The van der Waals surface area contributed by atoms with Crippen LogP contribution in [0.25, 0.3) is 11.3 Å². The minimum atomic E-state index is 0.523. The second-order valence-corrected chi connectivity index (χ2v) is 4.56. The molecule has 0 atom stereocenters. The molecule has 0 radical (unpaired) electrons. The molecule has 1 heterocycles. The summed E-state index contributed by atoms with van der Waals surface area (Å²) in [6.45, 7) is 6.95. The van der Waals surface area contributed by atoms with E-state index in [2.05, 4.69) is 38.0 Å². The van der Waals surface area contributed by atoms with Crippen LogP contribution in [0.5, 0.6) is 0 Å². The van der Waals surface area contributed by atoms with Gasteiger partial charge in [-0.15, -0.1) is 0 Å². The zero-order chi connectivity index (χ0) is 12.6. The van der Waals surface area contributed by atoms with Gasteiger partial charge in [-0.1, -0.05) is 12.1 Å². The fourth-order valence-corrected chi connectivity index (χ4v) is 2.13. The topological polar surface area (TPSA) is 43.8 Å². The number of benzene rings is 1. The molecule has 0 aliphatic carbocycles. The van der Waals surface area contributed by atoms with Crippen molar-refractivity contribution in [3.8, 4) is 11.3 Å². The number of hydrogen-bond donors (Lipinski definition) is 1. The van der Waals surface area contributed by atoms with Gasteiger partial charge in [0, 0.05) is 30.9 Å². The van der Waals surface area contributed by atoms with E-state index in [0.717, 1.165) is 11.3 Å². The van der Waals surface area contributed by atoms with Crippen molar-refractivity contribution in [3.63, 3.8) is 0 Å². The van der Waals surface area contributed by atoms with Crippen LogP contribution in [0, 0.1) is 20.8 Å². The van der Waals surface area contributed by atoms with Gasteiger partial charge in [0.15, 0.2) is 0 Å². The molecule has 1 aromatic heterocycles. The Morgan fingerprint density at radius 3 is 2.53 bits per heavy atom. The fourth-order valence-electron chi connectivity index (χ4n) is 2.13. The molecule has 0 saturated carbocycles. The van der Waals surface area contributed by atoms with Gasteiger partial charge in [0.2, 0.25) is 0 Å². The first-order valence-electron chi connectivity index (χ1n) is 5.84. The van der Waals surface area contributed by atoms with Crippen molar-refractivity contribution in [2.75, 3.05) is 0 Å². The van der Waals surface area contributed by atoms with Crippen LogP contribution in [-0.4, -0.2) is 9.78 Å². The normalized spacial score (nSPS) is 10.9. The first kappa shape index (κ1) is 11.9. The average molecular weight is 229 g/mol. The van der Waals surface area contributed by atoms with Gasteiger partial charge >= 0.3 is 0 Å². The molecule has 0 spiro atoms. The van der Waals surface area contributed by atoms with Crippen molar-refractivity contribution in [3.05, 3.63) is 40.6 Å². The highest BCUT2D eigenvalue weighted by Gasteiger charge is 2.12. The van der Waals surface area contributed by atoms with E-state index < -0.39 is 0 Å². The molecule has 17 heavy (non-hydrogen) atoms. The van der Waals surface area contributed by atoms with Gasteiger partial charge in [0.25, 0.3) is 0 Å². The lowest BCUT2D eigenvalue weighted by molar-refractivity contribution is 0.769. The van der Waals surface area contributed by atoms with E-state index >= 15 is 0 Å². The van der Waals surface area contributed by atoms with Gasteiger partial charge in [-0.05, 0) is 37.5 Å². The molecule has 2 N–H and O–H groups in total. The maximum atomic E-state index is 5.77. The Balaban J connectivity index is 2.64. The van der Waals surface area contributed by atoms with Gasteiger partial charge in [-0.25, -0.2) is 0 Å². The number of hydrogen-bond acceptors (Lipinski definition) is 2. The minimum absolute atomic E-state index is 0.523. The van der Waals surface area contributed by atoms with Crippen LogP contribution in [-0.2, 0) is 13.6 Å². The van der Waals surface area contributed by atoms with Gasteiger partial charge < -0.3 is 5.73 Å². The molecular formula is C14H19N3. The molecule has 2 rings (SSSR count). The Labute approximate surface area is 102 Å². The van der Waals surface area contributed by atoms with Gasteiger partial charge in [0.05, 0.1) is 5.69 Å². The lowest BCUT2D eigenvalue weighted by Gasteiger charge is -2.10. The van der Waals surface area contributed by atoms with Gasteiger partial charge in [0.1, 0.15) is 0 Å². The highest BCUT2D eigenvalue weighted by molar-refractivity contribution is 5.68. The SMILES string of the molecule is Cc1ccc(-c2nn(C)cc2CN)c(C)c1C. The number of nitrogens with two attached hydrogens (primary N) is 1. The largest absolute Gasteiger partial charge is 0.326 e. The van der Waals surface area contributed by atoms with E-state index in [-0.39, 0.29) is 0 Å². The Morgan fingerprint density at radius 1 is 1.18 bits per heavy atom. The summed E-state index contributed by atoms with van der Waals surface area (Å²) in [5.41, 5.74) is 13.0. The van der Waals surface area contributed by atoms with Crippen LogP contribution in [0.2, 0.25) is 0 Å². The zero-order valence-corrected chi connectivity index (χ0v) is 10.9. The lowest BCUT2D eigenvalue weighted by Crippen LogP contribution is -1.98. The first-order chi connectivity index (χ1) is 8.04. The molecule has 3 nitrogen and oxygen atoms in total. The van der Waals surface area contributed by atoms with Crippen LogP contribution in [0.3, 0.4) is 0 Å². The molecule has 3 heteroatoms. The summed E-state index contributed by atoms with van der Waals surface area (Å²) >= 11 is 0. The molecule has 0 bridgehead atoms. The Morgan fingerprint density at radius 2 is 1.88 bits per heavy atom. The minimum Gasteiger partial charge on any atom is -0.326 e. The van der Waals surface area contributed by atoms with E-state index in [4.69, 9.17) is 5.73 Å². The molecule has 0 fully saturated rings. The van der Waals surface area contributed by atoms with Crippen LogP contribution in [0.1, 0.15) is 22.3 Å². The highest BCUT2D eigenvalue weighted by atomic mass is 15.3. The number of aryl methyl sites for hydroxylation is 2. The van der Waals surface area contributed by atoms with E-state index in [1.165, 1.54) is 22.3 Å².